The minimum atomic E-state index is -0.854. The molecule has 0 heterocycles. The maximum Gasteiger partial charge on any atom is 0.319 e. The van der Waals surface area contributed by atoms with Gasteiger partial charge in [0.15, 0.2) is 0 Å². The van der Waals surface area contributed by atoms with E-state index in [2.05, 4.69) is 33.2 Å². The van der Waals surface area contributed by atoms with Gasteiger partial charge in [-0.25, -0.2) is 4.79 Å². The van der Waals surface area contributed by atoms with Gasteiger partial charge in [-0.1, -0.05) is 24.4 Å². The van der Waals surface area contributed by atoms with Gasteiger partial charge in [0.05, 0.1) is 16.6 Å². The van der Waals surface area contributed by atoms with Crippen molar-refractivity contribution in [3.8, 4) is 0 Å². The molecular weight excluding hydrogens is 407 g/mol. The summed E-state index contributed by atoms with van der Waals surface area (Å²) < 4.78 is 0.974. The van der Waals surface area contributed by atoms with E-state index in [-0.39, 0.29) is 6.04 Å². The van der Waals surface area contributed by atoms with Crippen LogP contribution in [0.25, 0.3) is 0 Å². The summed E-state index contributed by atoms with van der Waals surface area (Å²) in [5.41, 5.74) is 0.511. The molecule has 1 fully saturated rings. The molecule has 2 unspecified atom stereocenters. The summed E-state index contributed by atoms with van der Waals surface area (Å²) in [7, 11) is 0. The number of rotatable bonds is 3. The number of anilines is 1. The monoisotopic (exact) mass is 422 g/mol. The summed E-state index contributed by atoms with van der Waals surface area (Å²) in [5, 5.41) is 15.1. The maximum atomic E-state index is 12.0. The zero-order valence-corrected chi connectivity index (χ0v) is 14.1. The fraction of sp³-hybridized carbons (Fsp3) is 0.429. The summed E-state index contributed by atoms with van der Waals surface area (Å²) in [5.74, 6) is -1.37. The lowest BCUT2D eigenvalue weighted by molar-refractivity contribution is -0.143. The zero-order chi connectivity index (χ0) is 15.4. The van der Waals surface area contributed by atoms with E-state index in [1.807, 2.05) is 6.07 Å². The van der Waals surface area contributed by atoms with E-state index >= 15 is 0 Å². The van der Waals surface area contributed by atoms with Gasteiger partial charge in [-0.3, -0.25) is 4.79 Å². The second-order valence-corrected chi connectivity index (χ2v) is 6.71. The van der Waals surface area contributed by atoms with Crippen LogP contribution < -0.4 is 10.6 Å². The van der Waals surface area contributed by atoms with Crippen LogP contribution in [0.1, 0.15) is 25.7 Å². The Morgan fingerprint density at radius 3 is 2.67 bits per heavy atom. The van der Waals surface area contributed by atoms with Crippen molar-refractivity contribution < 1.29 is 14.7 Å². The number of nitrogens with one attached hydrogen (secondary N) is 2. The number of urea groups is 1. The Morgan fingerprint density at radius 2 is 2.00 bits per heavy atom. The average molecular weight is 423 g/mol. The SMILES string of the molecule is O=C(Nc1ccc(I)cc1Cl)NC1CCCCC1C(=O)O. The number of aliphatic carboxylic acids is 1. The van der Waals surface area contributed by atoms with Gasteiger partial charge in [-0.2, -0.15) is 0 Å². The van der Waals surface area contributed by atoms with Crippen molar-refractivity contribution in [1.82, 2.24) is 5.32 Å². The lowest BCUT2D eigenvalue weighted by Crippen LogP contribution is -2.46. The zero-order valence-electron chi connectivity index (χ0n) is 11.2. The molecule has 1 saturated carbocycles. The number of hydrogen-bond acceptors (Lipinski definition) is 2. The normalized spacial score (nSPS) is 21.6. The molecule has 2 amide bonds. The third-order valence-electron chi connectivity index (χ3n) is 3.58. The van der Waals surface area contributed by atoms with Crippen molar-refractivity contribution in [3.63, 3.8) is 0 Å². The highest BCUT2D eigenvalue weighted by atomic mass is 127. The largest absolute Gasteiger partial charge is 0.481 e. The lowest BCUT2D eigenvalue weighted by Gasteiger charge is -2.29. The van der Waals surface area contributed by atoms with Gasteiger partial charge in [0.1, 0.15) is 0 Å². The smallest absolute Gasteiger partial charge is 0.319 e. The first-order valence-corrected chi connectivity index (χ1v) is 8.18. The first-order valence-electron chi connectivity index (χ1n) is 6.73. The van der Waals surface area contributed by atoms with Crippen LogP contribution in [-0.2, 0) is 4.79 Å². The molecule has 0 saturated heterocycles. The number of carbonyl (C=O) groups excluding carboxylic acids is 1. The molecular formula is C14H16ClIN2O3. The second kappa shape index (κ2) is 7.31. The molecule has 0 spiro atoms. The highest BCUT2D eigenvalue weighted by Crippen LogP contribution is 2.26. The standard InChI is InChI=1S/C14H16ClIN2O3/c15-10-7-8(16)5-6-12(10)18-14(21)17-11-4-2-1-3-9(11)13(19)20/h5-7,9,11H,1-4H2,(H,19,20)(H2,17,18,21). The fourth-order valence-corrected chi connectivity index (χ4v) is 3.42. The molecule has 5 nitrogen and oxygen atoms in total. The molecule has 0 bridgehead atoms. The van der Waals surface area contributed by atoms with Crippen molar-refractivity contribution in [3.05, 3.63) is 26.8 Å². The molecule has 0 radical (unpaired) electrons. The van der Waals surface area contributed by atoms with Crippen LogP contribution in [0.15, 0.2) is 18.2 Å². The predicted molar refractivity (Wildman–Crippen MR) is 89.7 cm³/mol. The summed E-state index contributed by atoms with van der Waals surface area (Å²) in [6.07, 6.45) is 3.11. The quantitative estimate of drug-likeness (QED) is 0.650. The number of halogens is 2. The van der Waals surface area contributed by atoms with Crippen molar-refractivity contribution in [1.29, 1.82) is 0 Å². The van der Waals surface area contributed by atoms with Gasteiger partial charge in [-0.05, 0) is 53.6 Å². The molecule has 3 N–H and O–H groups in total. The van der Waals surface area contributed by atoms with Crippen LogP contribution in [0.3, 0.4) is 0 Å². The van der Waals surface area contributed by atoms with Crippen LogP contribution in [-0.4, -0.2) is 23.1 Å². The number of benzene rings is 1. The van der Waals surface area contributed by atoms with Gasteiger partial charge in [0, 0.05) is 9.61 Å². The Hall–Kier alpha value is -1.02. The first kappa shape index (κ1) is 16.4. The van der Waals surface area contributed by atoms with E-state index in [4.69, 9.17) is 11.6 Å². The highest BCUT2D eigenvalue weighted by molar-refractivity contribution is 14.1. The molecule has 114 valence electrons. The minimum absolute atomic E-state index is 0.334. The van der Waals surface area contributed by atoms with Crippen LogP contribution >= 0.6 is 34.2 Å². The third-order valence-corrected chi connectivity index (χ3v) is 4.56. The molecule has 2 rings (SSSR count). The van der Waals surface area contributed by atoms with Gasteiger partial charge >= 0.3 is 12.0 Å². The van der Waals surface area contributed by atoms with Crippen LogP contribution in [0.4, 0.5) is 10.5 Å². The number of carboxylic acid groups (broad SMARTS) is 1. The van der Waals surface area contributed by atoms with Gasteiger partial charge in [0.2, 0.25) is 0 Å². The Balaban J connectivity index is 1.98. The van der Waals surface area contributed by atoms with Crippen molar-refractivity contribution in [2.24, 2.45) is 5.92 Å². The summed E-state index contributed by atoms with van der Waals surface area (Å²) in [6.45, 7) is 0. The van der Waals surface area contributed by atoms with E-state index in [1.165, 1.54) is 0 Å². The Kier molecular flexibility index (Phi) is 5.69. The molecule has 1 aliphatic carbocycles. The first-order chi connectivity index (χ1) is 9.97. The second-order valence-electron chi connectivity index (χ2n) is 5.06. The van der Waals surface area contributed by atoms with Gasteiger partial charge in [0.25, 0.3) is 0 Å². The van der Waals surface area contributed by atoms with E-state index in [0.717, 1.165) is 16.4 Å². The molecule has 1 aromatic rings. The summed E-state index contributed by atoms with van der Waals surface area (Å²) >= 11 is 8.19. The molecule has 1 aliphatic rings. The fourth-order valence-electron chi connectivity index (χ4n) is 2.52. The predicted octanol–water partition coefficient (Wildman–Crippen LogP) is 3.71. The molecule has 21 heavy (non-hydrogen) atoms. The number of carbonyl (C=O) groups is 2. The van der Waals surface area contributed by atoms with Crippen molar-refractivity contribution in [2.75, 3.05) is 5.32 Å². The van der Waals surface area contributed by atoms with Crippen LogP contribution in [0.5, 0.6) is 0 Å². The van der Waals surface area contributed by atoms with E-state index < -0.39 is 17.9 Å². The molecule has 0 aliphatic heterocycles. The number of carboxylic acids is 1. The number of amides is 2. The van der Waals surface area contributed by atoms with Crippen LogP contribution in [0, 0.1) is 9.49 Å². The Bertz CT molecular complexity index is 553. The maximum absolute atomic E-state index is 12.0. The average Bonchev–Trinajstić information content (AvgIpc) is 2.42. The highest BCUT2D eigenvalue weighted by Gasteiger charge is 2.31. The summed E-state index contributed by atoms with van der Waals surface area (Å²) in [4.78, 5) is 23.2. The number of hydrogen-bond donors (Lipinski definition) is 3. The molecule has 7 heteroatoms. The minimum Gasteiger partial charge on any atom is -0.481 e. The van der Waals surface area contributed by atoms with E-state index in [1.54, 1.807) is 12.1 Å². The van der Waals surface area contributed by atoms with Crippen LogP contribution in [0.2, 0.25) is 5.02 Å². The van der Waals surface area contributed by atoms with E-state index in [0.29, 0.717) is 23.6 Å². The van der Waals surface area contributed by atoms with Crippen molar-refractivity contribution in [2.45, 2.75) is 31.7 Å². The molecule has 1 aromatic carbocycles. The lowest BCUT2D eigenvalue weighted by atomic mass is 9.84. The topological polar surface area (TPSA) is 78.4 Å². The molecule has 0 aromatic heterocycles. The van der Waals surface area contributed by atoms with Gasteiger partial charge < -0.3 is 15.7 Å². The van der Waals surface area contributed by atoms with Gasteiger partial charge in [-0.15, -0.1) is 0 Å². The third kappa shape index (κ3) is 4.47. The Labute approximate surface area is 141 Å². The van der Waals surface area contributed by atoms with Crippen molar-refractivity contribution >= 4 is 51.9 Å². The Morgan fingerprint density at radius 1 is 1.29 bits per heavy atom. The molecule has 2 atom stereocenters. The summed E-state index contributed by atoms with van der Waals surface area (Å²) in [6, 6.07) is 4.55. The van der Waals surface area contributed by atoms with E-state index in [9.17, 15) is 14.7 Å².